The number of nitro groups is 1. The molecule has 0 aromatic heterocycles. The smallest absolute Gasteiger partial charge is 0.258 e. The third-order valence-corrected chi connectivity index (χ3v) is 4.12. The molecule has 0 fully saturated rings. The standard InChI is InChI=1S/C11H15ClN2O4S/c12-7-1-2-8-19(17,18)13-9-10-3-5-11(6-4-10)14(15)16/h3-6,13H,1-2,7-9H2. The van der Waals surface area contributed by atoms with Gasteiger partial charge in [-0.2, -0.15) is 0 Å². The Morgan fingerprint density at radius 2 is 1.84 bits per heavy atom. The van der Waals surface area contributed by atoms with E-state index in [0.29, 0.717) is 24.3 Å². The Labute approximate surface area is 117 Å². The van der Waals surface area contributed by atoms with Crippen LogP contribution in [0.2, 0.25) is 0 Å². The molecule has 0 aliphatic heterocycles. The van der Waals surface area contributed by atoms with Gasteiger partial charge < -0.3 is 0 Å². The van der Waals surface area contributed by atoms with Gasteiger partial charge in [0.15, 0.2) is 0 Å². The van der Waals surface area contributed by atoms with Crippen molar-refractivity contribution in [1.29, 1.82) is 0 Å². The maximum absolute atomic E-state index is 11.6. The van der Waals surface area contributed by atoms with Crippen LogP contribution in [0.15, 0.2) is 24.3 Å². The minimum atomic E-state index is -3.32. The molecule has 0 aliphatic carbocycles. The Balaban J connectivity index is 2.49. The number of nitro benzene ring substituents is 1. The number of nitrogens with one attached hydrogen (secondary N) is 1. The van der Waals surface area contributed by atoms with Crippen molar-refractivity contribution >= 4 is 27.3 Å². The summed E-state index contributed by atoms with van der Waals surface area (Å²) in [6, 6.07) is 5.74. The first-order valence-corrected chi connectivity index (χ1v) is 7.90. The Kier molecular flexibility index (Phi) is 6.20. The van der Waals surface area contributed by atoms with Crippen LogP contribution >= 0.6 is 11.6 Å². The highest BCUT2D eigenvalue weighted by atomic mass is 35.5. The predicted molar refractivity (Wildman–Crippen MR) is 73.7 cm³/mol. The largest absolute Gasteiger partial charge is 0.269 e. The minimum absolute atomic E-state index is 0.0197. The van der Waals surface area contributed by atoms with Gasteiger partial charge in [-0.05, 0) is 18.4 Å². The lowest BCUT2D eigenvalue weighted by Gasteiger charge is -2.06. The molecule has 1 rings (SSSR count). The van der Waals surface area contributed by atoms with Crippen LogP contribution in [0.4, 0.5) is 5.69 Å². The van der Waals surface area contributed by atoms with E-state index in [9.17, 15) is 18.5 Å². The van der Waals surface area contributed by atoms with Gasteiger partial charge in [0.05, 0.1) is 10.7 Å². The van der Waals surface area contributed by atoms with E-state index in [1.54, 1.807) is 0 Å². The van der Waals surface area contributed by atoms with Crippen molar-refractivity contribution in [3.05, 3.63) is 39.9 Å². The van der Waals surface area contributed by atoms with Crippen LogP contribution in [0, 0.1) is 10.1 Å². The van der Waals surface area contributed by atoms with Gasteiger partial charge in [0.1, 0.15) is 0 Å². The molecule has 0 amide bonds. The molecule has 1 N–H and O–H groups in total. The highest BCUT2D eigenvalue weighted by Crippen LogP contribution is 2.11. The van der Waals surface area contributed by atoms with E-state index in [4.69, 9.17) is 11.6 Å². The zero-order valence-electron chi connectivity index (χ0n) is 10.2. The first-order valence-electron chi connectivity index (χ1n) is 5.71. The molecule has 106 valence electrons. The van der Waals surface area contributed by atoms with E-state index >= 15 is 0 Å². The summed E-state index contributed by atoms with van der Waals surface area (Å²) in [5.41, 5.74) is 0.653. The Morgan fingerprint density at radius 1 is 1.21 bits per heavy atom. The molecule has 0 radical (unpaired) electrons. The quantitative estimate of drug-likeness (QED) is 0.344. The van der Waals surface area contributed by atoms with Gasteiger partial charge in [0.2, 0.25) is 10.0 Å². The summed E-state index contributed by atoms with van der Waals surface area (Å²) in [5, 5.41) is 10.5. The van der Waals surface area contributed by atoms with Gasteiger partial charge >= 0.3 is 0 Å². The third kappa shape index (κ3) is 6.00. The Hall–Kier alpha value is -1.18. The van der Waals surface area contributed by atoms with Gasteiger partial charge in [-0.1, -0.05) is 12.1 Å². The number of unbranched alkanes of at least 4 members (excludes halogenated alkanes) is 1. The molecule has 0 heterocycles. The van der Waals surface area contributed by atoms with Crippen LogP contribution in [0.25, 0.3) is 0 Å². The summed E-state index contributed by atoms with van der Waals surface area (Å²) in [5.74, 6) is 0.477. The van der Waals surface area contributed by atoms with Crippen molar-refractivity contribution in [1.82, 2.24) is 4.72 Å². The molecule has 0 bridgehead atoms. The Bertz CT molecular complexity index is 516. The molecule has 6 nitrogen and oxygen atoms in total. The molecule has 0 unspecified atom stereocenters. The number of rotatable bonds is 8. The fourth-order valence-electron chi connectivity index (χ4n) is 1.39. The molecule has 1 aromatic rings. The maximum atomic E-state index is 11.6. The number of non-ortho nitro benzene ring substituents is 1. The van der Waals surface area contributed by atoms with Gasteiger partial charge in [-0.15, -0.1) is 11.6 Å². The zero-order valence-corrected chi connectivity index (χ0v) is 11.8. The number of nitrogens with zero attached hydrogens (tertiary/aromatic N) is 1. The highest BCUT2D eigenvalue weighted by molar-refractivity contribution is 7.89. The number of benzene rings is 1. The van der Waals surface area contributed by atoms with Crippen LogP contribution in [-0.2, 0) is 16.6 Å². The number of alkyl halides is 1. The van der Waals surface area contributed by atoms with E-state index in [1.807, 2.05) is 0 Å². The van der Waals surface area contributed by atoms with Gasteiger partial charge in [0.25, 0.3) is 5.69 Å². The summed E-state index contributed by atoms with van der Waals surface area (Å²) in [6.07, 6.45) is 1.17. The summed E-state index contributed by atoms with van der Waals surface area (Å²) >= 11 is 5.47. The molecule has 0 spiro atoms. The SMILES string of the molecule is O=[N+]([O-])c1ccc(CNS(=O)(=O)CCCCCl)cc1. The molecular formula is C11H15ClN2O4S. The first kappa shape index (κ1) is 15.9. The average molecular weight is 307 g/mol. The van der Waals surface area contributed by atoms with Gasteiger partial charge in [-0.3, -0.25) is 10.1 Å². The molecule has 19 heavy (non-hydrogen) atoms. The lowest BCUT2D eigenvalue weighted by Crippen LogP contribution is -2.26. The van der Waals surface area contributed by atoms with Crippen molar-refractivity contribution in [2.75, 3.05) is 11.6 Å². The molecule has 0 aliphatic rings. The topological polar surface area (TPSA) is 89.3 Å². The lowest BCUT2D eigenvalue weighted by molar-refractivity contribution is -0.384. The minimum Gasteiger partial charge on any atom is -0.258 e. The van der Waals surface area contributed by atoms with E-state index in [2.05, 4.69) is 4.72 Å². The second kappa shape index (κ2) is 7.42. The van der Waals surface area contributed by atoms with E-state index in [-0.39, 0.29) is 18.0 Å². The molecule has 8 heteroatoms. The normalized spacial score (nSPS) is 11.4. The maximum Gasteiger partial charge on any atom is 0.269 e. The summed E-state index contributed by atoms with van der Waals surface area (Å²) in [7, 11) is -3.32. The summed E-state index contributed by atoms with van der Waals surface area (Å²) in [6.45, 7) is 0.126. The molecule has 0 saturated carbocycles. The predicted octanol–water partition coefficient (Wildman–Crippen LogP) is 2.03. The number of hydrogen-bond acceptors (Lipinski definition) is 4. The van der Waals surface area contributed by atoms with Crippen LogP contribution in [-0.4, -0.2) is 25.0 Å². The number of halogens is 1. The summed E-state index contributed by atoms with van der Waals surface area (Å²) in [4.78, 5) is 9.96. The van der Waals surface area contributed by atoms with Crippen LogP contribution in [0.5, 0.6) is 0 Å². The molecule has 1 aromatic carbocycles. The fraction of sp³-hybridized carbons (Fsp3) is 0.455. The second-order valence-electron chi connectivity index (χ2n) is 3.96. The second-order valence-corrected chi connectivity index (χ2v) is 6.26. The molecule has 0 saturated heterocycles. The highest BCUT2D eigenvalue weighted by Gasteiger charge is 2.10. The monoisotopic (exact) mass is 306 g/mol. The first-order chi connectivity index (χ1) is 8.94. The van der Waals surface area contributed by atoms with Crippen LogP contribution in [0.3, 0.4) is 0 Å². The lowest BCUT2D eigenvalue weighted by atomic mass is 10.2. The third-order valence-electron chi connectivity index (χ3n) is 2.44. The van der Waals surface area contributed by atoms with E-state index in [1.165, 1.54) is 24.3 Å². The number of sulfonamides is 1. The fourth-order valence-corrected chi connectivity index (χ4v) is 2.69. The average Bonchev–Trinajstić information content (AvgIpc) is 2.37. The van der Waals surface area contributed by atoms with Gasteiger partial charge in [0, 0.05) is 24.6 Å². The van der Waals surface area contributed by atoms with Crippen LogP contribution < -0.4 is 4.72 Å². The van der Waals surface area contributed by atoms with Crippen molar-refractivity contribution in [2.24, 2.45) is 0 Å². The van der Waals surface area contributed by atoms with Crippen LogP contribution in [0.1, 0.15) is 18.4 Å². The van der Waals surface area contributed by atoms with Gasteiger partial charge in [-0.25, -0.2) is 13.1 Å². The van der Waals surface area contributed by atoms with E-state index < -0.39 is 14.9 Å². The summed E-state index contributed by atoms with van der Waals surface area (Å²) < 4.78 is 25.6. The van der Waals surface area contributed by atoms with Crippen molar-refractivity contribution < 1.29 is 13.3 Å². The Morgan fingerprint density at radius 3 is 2.37 bits per heavy atom. The van der Waals surface area contributed by atoms with Crippen molar-refractivity contribution in [3.8, 4) is 0 Å². The number of hydrogen-bond donors (Lipinski definition) is 1. The van der Waals surface area contributed by atoms with E-state index in [0.717, 1.165) is 0 Å². The van der Waals surface area contributed by atoms with Crippen molar-refractivity contribution in [3.63, 3.8) is 0 Å². The van der Waals surface area contributed by atoms with Crippen molar-refractivity contribution in [2.45, 2.75) is 19.4 Å². The zero-order chi connectivity index (χ0) is 14.3. The molecule has 0 atom stereocenters. The molecular weight excluding hydrogens is 292 g/mol.